The Balaban J connectivity index is 1.55. The second-order valence-corrected chi connectivity index (χ2v) is 5.66. The van der Waals surface area contributed by atoms with Crippen molar-refractivity contribution in [1.29, 1.82) is 0 Å². The van der Waals surface area contributed by atoms with Crippen LogP contribution in [0, 0.1) is 11.6 Å². The lowest BCUT2D eigenvalue weighted by Gasteiger charge is -2.20. The summed E-state index contributed by atoms with van der Waals surface area (Å²) in [6, 6.07) is 6.88. The van der Waals surface area contributed by atoms with Gasteiger partial charge in [0.1, 0.15) is 23.5 Å². The first kappa shape index (κ1) is 15.8. The molecule has 122 valence electrons. The molecule has 1 aromatic heterocycles. The normalized spacial score (nSPS) is 19.7. The van der Waals surface area contributed by atoms with Gasteiger partial charge in [-0.15, -0.1) is 0 Å². The van der Waals surface area contributed by atoms with Crippen LogP contribution in [0.1, 0.15) is 18.1 Å². The third kappa shape index (κ3) is 4.03. The predicted molar refractivity (Wildman–Crippen MR) is 81.0 cm³/mol. The summed E-state index contributed by atoms with van der Waals surface area (Å²) >= 11 is 0. The minimum atomic E-state index is -0.993. The fraction of sp³-hybridized carbons (Fsp3) is 0.353. The molecule has 6 heteroatoms. The van der Waals surface area contributed by atoms with E-state index in [9.17, 15) is 13.9 Å². The lowest BCUT2D eigenvalue weighted by Crippen LogP contribution is -2.29. The van der Waals surface area contributed by atoms with Crippen LogP contribution in [0.3, 0.4) is 0 Å². The van der Waals surface area contributed by atoms with Gasteiger partial charge in [0.25, 0.3) is 0 Å². The highest BCUT2D eigenvalue weighted by Gasteiger charge is 2.26. The number of aromatic nitrogens is 1. The Morgan fingerprint density at radius 1 is 1.35 bits per heavy atom. The lowest BCUT2D eigenvalue weighted by molar-refractivity contribution is 0.114. The smallest absolute Gasteiger partial charge is 0.138 e. The summed E-state index contributed by atoms with van der Waals surface area (Å²) < 4.78 is 32.4. The average molecular weight is 320 g/mol. The Labute approximate surface area is 133 Å². The summed E-state index contributed by atoms with van der Waals surface area (Å²) in [6.45, 7) is 1.69. The Kier molecular flexibility index (Phi) is 4.83. The number of likely N-dealkylation sites (tertiary alicyclic amines) is 1. The van der Waals surface area contributed by atoms with Crippen LogP contribution >= 0.6 is 0 Å². The van der Waals surface area contributed by atoms with Crippen LogP contribution in [-0.4, -0.2) is 40.7 Å². The maximum absolute atomic E-state index is 13.7. The van der Waals surface area contributed by atoms with Crippen molar-refractivity contribution in [2.45, 2.75) is 18.6 Å². The number of aliphatic hydroxyl groups excluding tert-OH is 1. The topological polar surface area (TPSA) is 45.6 Å². The molecule has 1 aliphatic heterocycles. The molecule has 4 nitrogen and oxygen atoms in total. The quantitative estimate of drug-likeness (QED) is 0.920. The van der Waals surface area contributed by atoms with Gasteiger partial charge in [0.05, 0.1) is 12.3 Å². The molecular weight excluding hydrogens is 302 g/mol. The van der Waals surface area contributed by atoms with Crippen molar-refractivity contribution in [3.63, 3.8) is 0 Å². The molecule has 1 saturated heterocycles. The van der Waals surface area contributed by atoms with Crippen molar-refractivity contribution in [2.24, 2.45) is 0 Å². The van der Waals surface area contributed by atoms with E-state index in [-0.39, 0.29) is 18.2 Å². The average Bonchev–Trinajstić information content (AvgIpc) is 2.95. The van der Waals surface area contributed by atoms with Crippen LogP contribution in [0.5, 0.6) is 5.75 Å². The van der Waals surface area contributed by atoms with E-state index in [4.69, 9.17) is 4.74 Å². The second kappa shape index (κ2) is 7.02. The third-order valence-electron chi connectivity index (χ3n) is 3.92. The maximum Gasteiger partial charge on any atom is 0.138 e. The van der Waals surface area contributed by atoms with Crippen molar-refractivity contribution in [3.05, 3.63) is 59.9 Å². The van der Waals surface area contributed by atoms with Gasteiger partial charge in [0.2, 0.25) is 0 Å². The molecule has 23 heavy (non-hydrogen) atoms. The summed E-state index contributed by atoms with van der Waals surface area (Å²) in [5.41, 5.74) is 0.114. The van der Waals surface area contributed by atoms with E-state index in [1.807, 2.05) is 17.0 Å². The predicted octanol–water partition coefficient (Wildman–Crippen LogP) is 2.55. The first-order valence-electron chi connectivity index (χ1n) is 7.54. The first-order chi connectivity index (χ1) is 11.1. The lowest BCUT2D eigenvalue weighted by atomic mass is 10.1. The zero-order valence-electron chi connectivity index (χ0n) is 12.5. The highest BCUT2D eigenvalue weighted by atomic mass is 19.1. The third-order valence-corrected chi connectivity index (χ3v) is 3.92. The fourth-order valence-electron chi connectivity index (χ4n) is 2.78. The minimum Gasteiger partial charge on any atom is -0.487 e. The van der Waals surface area contributed by atoms with Crippen LogP contribution < -0.4 is 4.74 Å². The van der Waals surface area contributed by atoms with Crippen LogP contribution in [0.15, 0.2) is 42.7 Å². The molecular formula is C17H18F2N2O2. The van der Waals surface area contributed by atoms with Crippen LogP contribution in [-0.2, 0) is 0 Å². The Morgan fingerprint density at radius 2 is 2.22 bits per heavy atom. The van der Waals surface area contributed by atoms with Gasteiger partial charge in [-0.25, -0.2) is 8.78 Å². The van der Waals surface area contributed by atoms with Gasteiger partial charge in [0.15, 0.2) is 0 Å². The van der Waals surface area contributed by atoms with Gasteiger partial charge in [-0.2, -0.15) is 0 Å². The zero-order valence-corrected chi connectivity index (χ0v) is 12.5. The molecule has 2 heterocycles. The number of hydrogen-bond acceptors (Lipinski definition) is 4. The highest BCUT2D eigenvalue weighted by molar-refractivity contribution is 5.21. The van der Waals surface area contributed by atoms with Crippen molar-refractivity contribution >= 4 is 0 Å². The molecule has 3 rings (SSSR count). The number of benzene rings is 1. The van der Waals surface area contributed by atoms with E-state index in [1.54, 1.807) is 12.4 Å². The molecule has 2 aromatic rings. The van der Waals surface area contributed by atoms with Gasteiger partial charge >= 0.3 is 0 Å². The zero-order chi connectivity index (χ0) is 16.2. The maximum atomic E-state index is 13.7. The number of pyridine rings is 1. The van der Waals surface area contributed by atoms with Crippen molar-refractivity contribution in [2.75, 3.05) is 19.6 Å². The SMILES string of the molecule is OC(CN1CCC(Oc2cccnc2)C1)c1ccc(F)cc1F. The fourth-order valence-corrected chi connectivity index (χ4v) is 2.78. The molecule has 0 radical (unpaired) electrons. The molecule has 0 amide bonds. The monoisotopic (exact) mass is 320 g/mol. The Hall–Kier alpha value is -2.05. The number of ether oxygens (including phenoxy) is 1. The van der Waals surface area contributed by atoms with Crippen molar-refractivity contribution in [3.8, 4) is 5.75 Å². The largest absolute Gasteiger partial charge is 0.487 e. The summed E-state index contributed by atoms with van der Waals surface area (Å²) in [5, 5.41) is 10.2. The van der Waals surface area contributed by atoms with Gasteiger partial charge in [-0.1, -0.05) is 6.07 Å². The van der Waals surface area contributed by atoms with E-state index in [2.05, 4.69) is 4.98 Å². The van der Waals surface area contributed by atoms with Crippen molar-refractivity contribution in [1.82, 2.24) is 9.88 Å². The van der Waals surface area contributed by atoms with E-state index >= 15 is 0 Å². The number of hydrogen-bond donors (Lipinski definition) is 1. The molecule has 1 aromatic carbocycles. The van der Waals surface area contributed by atoms with E-state index < -0.39 is 17.7 Å². The second-order valence-electron chi connectivity index (χ2n) is 5.66. The molecule has 0 saturated carbocycles. The standard InChI is InChI=1S/C17H18F2N2O2/c18-12-3-4-15(16(19)8-12)17(22)11-21-7-5-14(10-21)23-13-2-1-6-20-9-13/h1-4,6,8-9,14,17,22H,5,7,10-11H2. The molecule has 0 aliphatic carbocycles. The van der Waals surface area contributed by atoms with Crippen LogP contribution in [0.2, 0.25) is 0 Å². The highest BCUT2D eigenvalue weighted by Crippen LogP contribution is 2.22. The number of halogens is 2. The Bertz CT molecular complexity index is 654. The van der Waals surface area contributed by atoms with Gasteiger partial charge < -0.3 is 9.84 Å². The summed E-state index contributed by atoms with van der Waals surface area (Å²) in [4.78, 5) is 6.01. The minimum absolute atomic E-state index is 0.0180. The number of β-amino-alcohol motifs (C(OH)–C–C–N with tert-alkyl or cyclic N) is 1. The molecule has 0 spiro atoms. The first-order valence-corrected chi connectivity index (χ1v) is 7.54. The molecule has 1 aliphatic rings. The van der Waals surface area contributed by atoms with E-state index in [1.165, 1.54) is 6.07 Å². The Morgan fingerprint density at radius 3 is 2.96 bits per heavy atom. The van der Waals surface area contributed by atoms with E-state index in [0.717, 1.165) is 25.1 Å². The number of rotatable bonds is 5. The molecule has 0 bridgehead atoms. The number of nitrogens with zero attached hydrogens (tertiary/aromatic N) is 2. The van der Waals surface area contributed by atoms with Gasteiger partial charge in [-0.05, 0) is 24.6 Å². The van der Waals surface area contributed by atoms with Gasteiger partial charge in [-0.3, -0.25) is 9.88 Å². The molecule has 2 unspecified atom stereocenters. The molecule has 1 N–H and O–H groups in total. The van der Waals surface area contributed by atoms with E-state index in [0.29, 0.717) is 12.3 Å². The molecule has 2 atom stereocenters. The summed E-state index contributed by atoms with van der Waals surface area (Å²) in [7, 11) is 0. The van der Waals surface area contributed by atoms with Crippen molar-refractivity contribution < 1.29 is 18.6 Å². The summed E-state index contributed by atoms with van der Waals surface area (Å²) in [6.07, 6.45) is 3.19. The summed E-state index contributed by atoms with van der Waals surface area (Å²) in [5.74, 6) is -0.658. The number of aliphatic hydroxyl groups is 1. The van der Waals surface area contributed by atoms with Gasteiger partial charge in [0, 0.05) is 37.5 Å². The molecule has 1 fully saturated rings. The van der Waals surface area contributed by atoms with Crippen LogP contribution in [0.4, 0.5) is 8.78 Å². The van der Waals surface area contributed by atoms with Crippen LogP contribution in [0.25, 0.3) is 0 Å².